The standard InChI is InChI=1S/C23H21BF10N2/c1-22(2)8-6-7-23(22,3)36(5)21(35(8)4)24(9-11(25)15(29)19(33)16(30)12(9)26)10-13(27)17(31)20(34)18(32)14(10)28/h8,21H,6-7H2,1-5H3. The number of rotatable bonds is 3. The highest BCUT2D eigenvalue weighted by molar-refractivity contribution is 6.86. The second kappa shape index (κ2) is 8.37. The van der Waals surface area contributed by atoms with Gasteiger partial charge in [-0.2, -0.15) is 0 Å². The van der Waals surface area contributed by atoms with E-state index in [-0.39, 0.29) is 0 Å². The molecular formula is C23H21BF10N2. The summed E-state index contributed by atoms with van der Waals surface area (Å²) in [6, 6.07) is -1.98. The molecule has 4 rings (SSSR count). The maximum atomic E-state index is 15.1. The van der Waals surface area contributed by atoms with E-state index in [1.54, 1.807) is 6.92 Å². The fraction of sp³-hybridized carbons (Fsp3) is 0.478. The summed E-state index contributed by atoms with van der Waals surface area (Å²) in [5.74, 6) is -24.4. The molecule has 1 saturated heterocycles. The molecule has 3 atom stereocenters. The van der Waals surface area contributed by atoms with Gasteiger partial charge in [-0.05, 0) is 39.3 Å². The molecule has 2 aliphatic rings. The van der Waals surface area contributed by atoms with E-state index in [0.717, 1.165) is 0 Å². The molecule has 2 aromatic carbocycles. The van der Waals surface area contributed by atoms with Gasteiger partial charge in [0.1, 0.15) is 0 Å². The van der Waals surface area contributed by atoms with Gasteiger partial charge >= 0.3 is 0 Å². The van der Waals surface area contributed by atoms with Gasteiger partial charge < -0.3 is 0 Å². The third-order valence-corrected chi connectivity index (χ3v) is 8.62. The van der Waals surface area contributed by atoms with E-state index in [9.17, 15) is 26.3 Å². The average molecular weight is 526 g/mol. The molecule has 1 aliphatic carbocycles. The number of halogens is 10. The summed E-state index contributed by atoms with van der Waals surface area (Å²) in [5.41, 5.74) is -4.76. The quantitative estimate of drug-likeness (QED) is 0.254. The third-order valence-electron chi connectivity index (χ3n) is 8.62. The number of hydrogen-bond acceptors (Lipinski definition) is 2. The van der Waals surface area contributed by atoms with Crippen LogP contribution in [0.25, 0.3) is 0 Å². The van der Waals surface area contributed by atoms with Crippen LogP contribution in [0.5, 0.6) is 0 Å². The molecule has 0 aromatic heterocycles. The summed E-state index contributed by atoms with van der Waals surface area (Å²) in [4.78, 5) is 2.87. The second-order valence-corrected chi connectivity index (χ2v) is 10.2. The van der Waals surface area contributed by atoms with Gasteiger partial charge in [0.05, 0.1) is 0 Å². The van der Waals surface area contributed by atoms with E-state index in [1.807, 2.05) is 13.8 Å². The van der Waals surface area contributed by atoms with Crippen LogP contribution in [0, 0.1) is 63.6 Å². The highest BCUT2D eigenvalue weighted by Gasteiger charge is 2.63. The first-order valence-electron chi connectivity index (χ1n) is 11.0. The maximum absolute atomic E-state index is 15.1. The van der Waals surface area contributed by atoms with Crippen molar-refractivity contribution in [3.05, 3.63) is 58.2 Å². The normalized spacial score (nSPS) is 26.1. The molecule has 1 heterocycles. The fourth-order valence-electron chi connectivity index (χ4n) is 6.24. The second-order valence-electron chi connectivity index (χ2n) is 10.2. The summed E-state index contributed by atoms with van der Waals surface area (Å²) >= 11 is 0. The summed E-state index contributed by atoms with van der Waals surface area (Å²) in [5, 5.41) is 0. The minimum absolute atomic E-state index is 0.422. The number of fused-ring (bicyclic) bond motifs is 2. The third kappa shape index (κ3) is 3.20. The Bertz CT molecular complexity index is 1140. The number of nitrogens with zero attached hydrogens (tertiary/aromatic N) is 2. The van der Waals surface area contributed by atoms with Gasteiger partial charge in [0, 0.05) is 28.6 Å². The fourth-order valence-corrected chi connectivity index (χ4v) is 6.24. The van der Waals surface area contributed by atoms with E-state index in [4.69, 9.17) is 0 Å². The van der Waals surface area contributed by atoms with Crippen molar-refractivity contribution in [3.8, 4) is 0 Å². The van der Waals surface area contributed by atoms with Crippen LogP contribution in [0.15, 0.2) is 0 Å². The molecule has 3 unspecified atom stereocenters. The van der Waals surface area contributed by atoms with Crippen molar-refractivity contribution in [1.82, 2.24) is 9.80 Å². The Labute approximate surface area is 200 Å². The Morgan fingerprint density at radius 1 is 0.611 bits per heavy atom. The van der Waals surface area contributed by atoms with Crippen LogP contribution in [-0.2, 0) is 0 Å². The molecule has 13 heteroatoms. The van der Waals surface area contributed by atoms with Crippen LogP contribution in [0.1, 0.15) is 33.6 Å². The van der Waals surface area contributed by atoms with Crippen LogP contribution in [-0.4, -0.2) is 48.3 Å². The highest BCUT2D eigenvalue weighted by Crippen LogP contribution is 2.55. The van der Waals surface area contributed by atoms with Crippen LogP contribution in [0.4, 0.5) is 43.9 Å². The molecule has 0 amide bonds. The lowest BCUT2D eigenvalue weighted by molar-refractivity contribution is -0.0989. The monoisotopic (exact) mass is 526 g/mol. The van der Waals surface area contributed by atoms with E-state index < -0.39 is 98.9 Å². The van der Waals surface area contributed by atoms with Crippen LogP contribution >= 0.6 is 0 Å². The van der Waals surface area contributed by atoms with Crippen molar-refractivity contribution in [2.45, 2.75) is 51.3 Å². The molecular weight excluding hydrogens is 505 g/mol. The van der Waals surface area contributed by atoms with Crippen molar-refractivity contribution in [2.75, 3.05) is 14.1 Å². The first-order valence-corrected chi connectivity index (χ1v) is 11.0. The Balaban J connectivity index is 2.13. The van der Waals surface area contributed by atoms with Gasteiger partial charge in [-0.3, -0.25) is 9.80 Å². The average Bonchev–Trinajstić information content (AvgIpc) is 3.01. The molecule has 1 saturated carbocycles. The predicted molar refractivity (Wildman–Crippen MR) is 112 cm³/mol. The minimum atomic E-state index is -2.52. The minimum Gasteiger partial charge on any atom is -0.293 e. The van der Waals surface area contributed by atoms with Crippen molar-refractivity contribution in [3.63, 3.8) is 0 Å². The van der Waals surface area contributed by atoms with Gasteiger partial charge in [-0.15, -0.1) is 0 Å². The first kappa shape index (κ1) is 26.8. The zero-order valence-electron chi connectivity index (χ0n) is 19.8. The largest absolute Gasteiger partial charge is 0.293 e. The predicted octanol–water partition coefficient (Wildman–Crippen LogP) is 4.38. The molecule has 0 radical (unpaired) electrons. The summed E-state index contributed by atoms with van der Waals surface area (Å²) in [6.07, 6.45) is 0.963. The topological polar surface area (TPSA) is 6.48 Å². The lowest BCUT2D eigenvalue weighted by Crippen LogP contribution is -2.77. The molecule has 0 N–H and O–H groups in total. The smallest absolute Gasteiger partial charge is 0.260 e. The molecule has 2 aromatic rings. The zero-order chi connectivity index (χ0) is 27.2. The molecule has 36 heavy (non-hydrogen) atoms. The molecule has 1 aliphatic heterocycles. The van der Waals surface area contributed by atoms with E-state index in [2.05, 4.69) is 0 Å². The summed E-state index contributed by atoms with van der Waals surface area (Å²) in [7, 11) is 2.82. The Morgan fingerprint density at radius 3 is 1.31 bits per heavy atom. The van der Waals surface area contributed by atoms with E-state index >= 15 is 17.6 Å². The zero-order valence-corrected chi connectivity index (χ0v) is 19.8. The van der Waals surface area contributed by atoms with Gasteiger partial charge in [0.15, 0.2) is 58.2 Å². The molecule has 2 fully saturated rings. The van der Waals surface area contributed by atoms with Crippen LogP contribution < -0.4 is 10.9 Å². The Kier molecular flexibility index (Phi) is 6.23. The van der Waals surface area contributed by atoms with Crippen molar-refractivity contribution >= 4 is 17.6 Å². The molecule has 196 valence electrons. The van der Waals surface area contributed by atoms with Crippen LogP contribution in [0.2, 0.25) is 0 Å². The maximum Gasteiger partial charge on any atom is 0.260 e. The molecule has 0 spiro atoms. The van der Waals surface area contributed by atoms with Crippen molar-refractivity contribution in [2.24, 2.45) is 5.41 Å². The number of hydrogen-bond donors (Lipinski definition) is 0. The summed E-state index contributed by atoms with van der Waals surface area (Å²) in [6.45, 7) is 3.01. The van der Waals surface area contributed by atoms with Crippen molar-refractivity contribution in [1.29, 1.82) is 0 Å². The van der Waals surface area contributed by atoms with Gasteiger partial charge in [0.25, 0.3) is 6.71 Å². The molecule has 2 bridgehead atoms. The lowest BCUT2D eigenvalue weighted by Gasteiger charge is -2.60. The summed E-state index contributed by atoms with van der Waals surface area (Å²) < 4.78 is 145. The molecule has 2 nitrogen and oxygen atoms in total. The Morgan fingerprint density at radius 2 is 0.944 bits per heavy atom. The van der Waals surface area contributed by atoms with Crippen LogP contribution in [0.3, 0.4) is 0 Å². The first-order chi connectivity index (χ1) is 16.5. The van der Waals surface area contributed by atoms with E-state index in [1.165, 1.54) is 23.9 Å². The lowest BCUT2D eigenvalue weighted by atomic mass is 9.36. The van der Waals surface area contributed by atoms with Gasteiger partial charge in [-0.25, -0.2) is 43.9 Å². The number of benzene rings is 2. The van der Waals surface area contributed by atoms with Crippen molar-refractivity contribution < 1.29 is 43.9 Å². The van der Waals surface area contributed by atoms with Gasteiger partial charge in [-0.1, -0.05) is 13.8 Å². The highest BCUT2D eigenvalue weighted by atomic mass is 19.2. The SMILES string of the molecule is CN1C(B(c2c(F)c(F)c(F)c(F)c2F)c2c(F)c(F)c(F)c(F)c2F)N(C)C2(C)CCC1C2(C)C. The Hall–Kier alpha value is -2.28. The van der Waals surface area contributed by atoms with Gasteiger partial charge in [0.2, 0.25) is 0 Å². The van der Waals surface area contributed by atoms with E-state index in [0.29, 0.717) is 12.8 Å².